The molecule has 0 spiro atoms. The van der Waals surface area contributed by atoms with Crippen LogP contribution in [0, 0.1) is 15.9 Å². The van der Waals surface area contributed by atoms with Crippen LogP contribution in [0.2, 0.25) is 0 Å². The van der Waals surface area contributed by atoms with E-state index < -0.39 is 28.1 Å². The van der Waals surface area contributed by atoms with Gasteiger partial charge in [-0.1, -0.05) is 0 Å². The molecule has 0 aliphatic rings. The molecule has 0 amide bonds. The molecule has 2 N–H and O–H groups in total. The van der Waals surface area contributed by atoms with Crippen LogP contribution in [0.1, 0.15) is 10.4 Å². The summed E-state index contributed by atoms with van der Waals surface area (Å²) in [4.78, 5) is 21.0. The highest BCUT2D eigenvalue weighted by Gasteiger charge is 2.16. The Bertz CT molecular complexity index is 682. The largest absolute Gasteiger partial charge is 0.507 e. The molecule has 0 aromatic heterocycles. The molecular formula is C13H8FNO5. The summed E-state index contributed by atoms with van der Waals surface area (Å²) in [6, 6.07) is 6.31. The summed E-state index contributed by atoms with van der Waals surface area (Å²) in [5, 5.41) is 29.4. The fraction of sp³-hybridized carbons (Fsp3) is 0. The third-order valence-corrected chi connectivity index (χ3v) is 2.65. The third-order valence-electron chi connectivity index (χ3n) is 2.65. The first-order chi connectivity index (χ1) is 9.38. The lowest BCUT2D eigenvalue weighted by atomic mass is 10.0. The minimum Gasteiger partial charge on any atom is -0.507 e. The maximum atomic E-state index is 12.9. The smallest absolute Gasteiger partial charge is 0.335 e. The standard InChI is InChI=1S/C13H8FNO5/c14-9-1-2-11(12(16)6-9)7-3-8(13(17)18)5-10(4-7)15(19)20/h1-6,16H,(H,17,18). The number of hydrogen-bond acceptors (Lipinski definition) is 4. The van der Waals surface area contributed by atoms with E-state index in [2.05, 4.69) is 0 Å². The zero-order valence-corrected chi connectivity index (χ0v) is 9.91. The summed E-state index contributed by atoms with van der Waals surface area (Å²) in [5.74, 6) is -2.44. The quantitative estimate of drug-likeness (QED) is 0.663. The first-order valence-electron chi connectivity index (χ1n) is 5.40. The molecule has 0 aliphatic carbocycles. The maximum absolute atomic E-state index is 12.9. The van der Waals surface area contributed by atoms with Crippen molar-refractivity contribution in [3.05, 3.63) is 57.9 Å². The third kappa shape index (κ3) is 2.56. The first kappa shape index (κ1) is 13.5. The van der Waals surface area contributed by atoms with Gasteiger partial charge in [-0.05, 0) is 23.8 Å². The fourth-order valence-electron chi connectivity index (χ4n) is 1.74. The fourth-order valence-corrected chi connectivity index (χ4v) is 1.74. The Balaban J connectivity index is 2.66. The minimum absolute atomic E-state index is 0.109. The van der Waals surface area contributed by atoms with Crippen LogP contribution >= 0.6 is 0 Å². The van der Waals surface area contributed by atoms with E-state index in [1.807, 2.05) is 0 Å². The molecule has 0 unspecified atom stereocenters. The van der Waals surface area contributed by atoms with Crippen LogP contribution < -0.4 is 0 Å². The van der Waals surface area contributed by atoms with Crippen molar-refractivity contribution in [3.8, 4) is 16.9 Å². The Labute approximate surface area is 111 Å². The van der Waals surface area contributed by atoms with Gasteiger partial charge in [0.1, 0.15) is 11.6 Å². The number of benzene rings is 2. The van der Waals surface area contributed by atoms with Crippen LogP contribution in [0.3, 0.4) is 0 Å². The molecule has 2 aromatic carbocycles. The number of aromatic carboxylic acids is 1. The van der Waals surface area contributed by atoms with Gasteiger partial charge >= 0.3 is 5.97 Å². The molecule has 0 aliphatic heterocycles. The Morgan fingerprint density at radius 1 is 1.20 bits per heavy atom. The summed E-state index contributed by atoms with van der Waals surface area (Å²) in [6.07, 6.45) is 0. The number of carboxylic acid groups (broad SMARTS) is 1. The molecule has 7 heteroatoms. The van der Waals surface area contributed by atoms with Crippen molar-refractivity contribution in [1.29, 1.82) is 0 Å². The molecule has 0 fully saturated rings. The van der Waals surface area contributed by atoms with E-state index in [-0.39, 0.29) is 16.7 Å². The summed E-state index contributed by atoms with van der Waals surface area (Å²) in [5.41, 5.74) is -0.492. The van der Waals surface area contributed by atoms with Crippen LogP contribution in [0.4, 0.5) is 10.1 Å². The molecule has 0 saturated heterocycles. The van der Waals surface area contributed by atoms with Crippen molar-refractivity contribution in [1.82, 2.24) is 0 Å². The number of phenols is 1. The van der Waals surface area contributed by atoms with Gasteiger partial charge in [-0.15, -0.1) is 0 Å². The van der Waals surface area contributed by atoms with E-state index in [1.165, 1.54) is 12.1 Å². The molecule has 2 aromatic rings. The molecule has 0 saturated carbocycles. The Morgan fingerprint density at radius 3 is 2.45 bits per heavy atom. The normalized spacial score (nSPS) is 10.2. The number of nitro groups is 1. The summed E-state index contributed by atoms with van der Waals surface area (Å²) >= 11 is 0. The number of hydrogen-bond donors (Lipinski definition) is 2. The van der Waals surface area contributed by atoms with E-state index in [9.17, 15) is 24.4 Å². The van der Waals surface area contributed by atoms with Crippen molar-refractivity contribution in [2.24, 2.45) is 0 Å². The average molecular weight is 277 g/mol. The highest BCUT2D eigenvalue weighted by molar-refractivity contribution is 5.91. The van der Waals surface area contributed by atoms with Gasteiger partial charge in [0.25, 0.3) is 5.69 Å². The number of aromatic hydroxyl groups is 1. The number of rotatable bonds is 3. The van der Waals surface area contributed by atoms with Crippen LogP contribution in [0.15, 0.2) is 36.4 Å². The number of phenolic OH excluding ortho intramolecular Hbond substituents is 1. The minimum atomic E-state index is -1.34. The number of halogens is 1. The van der Waals surface area contributed by atoms with Gasteiger partial charge in [-0.2, -0.15) is 0 Å². The molecule has 20 heavy (non-hydrogen) atoms. The summed E-state index contributed by atoms with van der Waals surface area (Å²) < 4.78 is 12.9. The molecule has 102 valence electrons. The molecular weight excluding hydrogens is 269 g/mol. The molecule has 2 rings (SSSR count). The van der Waals surface area contributed by atoms with Gasteiger partial charge in [0.2, 0.25) is 0 Å². The Kier molecular flexibility index (Phi) is 3.34. The SMILES string of the molecule is O=C(O)c1cc(-c2ccc(F)cc2O)cc([N+](=O)[O-])c1. The lowest BCUT2D eigenvalue weighted by Crippen LogP contribution is -1.99. The van der Waals surface area contributed by atoms with Crippen molar-refractivity contribution < 1.29 is 24.3 Å². The lowest BCUT2D eigenvalue weighted by molar-refractivity contribution is -0.384. The lowest BCUT2D eigenvalue weighted by Gasteiger charge is -2.06. The van der Waals surface area contributed by atoms with Crippen LogP contribution in [0.25, 0.3) is 11.1 Å². The van der Waals surface area contributed by atoms with Crippen molar-refractivity contribution >= 4 is 11.7 Å². The number of carboxylic acids is 1. The van der Waals surface area contributed by atoms with Gasteiger partial charge in [0.15, 0.2) is 0 Å². The Hall–Kier alpha value is -2.96. The predicted octanol–water partition coefficient (Wildman–Crippen LogP) is 2.80. The van der Waals surface area contributed by atoms with Gasteiger partial charge in [0.05, 0.1) is 10.5 Å². The van der Waals surface area contributed by atoms with Crippen molar-refractivity contribution in [3.63, 3.8) is 0 Å². The van der Waals surface area contributed by atoms with E-state index >= 15 is 0 Å². The number of nitrogens with zero attached hydrogens (tertiary/aromatic N) is 1. The summed E-state index contributed by atoms with van der Waals surface area (Å²) in [7, 11) is 0. The second-order valence-electron chi connectivity index (χ2n) is 3.99. The van der Waals surface area contributed by atoms with Crippen LogP contribution in [0.5, 0.6) is 5.75 Å². The van der Waals surface area contributed by atoms with E-state index in [0.717, 1.165) is 24.3 Å². The number of nitro benzene ring substituents is 1. The zero-order valence-electron chi connectivity index (χ0n) is 9.91. The first-order valence-corrected chi connectivity index (χ1v) is 5.40. The molecule has 0 bridgehead atoms. The average Bonchev–Trinajstić information content (AvgIpc) is 2.38. The second kappa shape index (κ2) is 4.96. The monoisotopic (exact) mass is 277 g/mol. The number of carbonyl (C=O) groups is 1. The van der Waals surface area contributed by atoms with Crippen molar-refractivity contribution in [2.45, 2.75) is 0 Å². The highest BCUT2D eigenvalue weighted by atomic mass is 19.1. The van der Waals surface area contributed by atoms with Gasteiger partial charge in [-0.3, -0.25) is 10.1 Å². The molecule has 0 heterocycles. The van der Waals surface area contributed by atoms with Gasteiger partial charge < -0.3 is 10.2 Å². The van der Waals surface area contributed by atoms with E-state index in [4.69, 9.17) is 5.11 Å². The maximum Gasteiger partial charge on any atom is 0.335 e. The topological polar surface area (TPSA) is 101 Å². The van der Waals surface area contributed by atoms with Gasteiger partial charge in [0, 0.05) is 23.8 Å². The van der Waals surface area contributed by atoms with Crippen LogP contribution in [-0.2, 0) is 0 Å². The van der Waals surface area contributed by atoms with E-state index in [1.54, 1.807) is 0 Å². The number of non-ortho nitro benzene ring substituents is 1. The predicted molar refractivity (Wildman–Crippen MR) is 67.1 cm³/mol. The molecule has 0 radical (unpaired) electrons. The highest BCUT2D eigenvalue weighted by Crippen LogP contribution is 2.32. The Morgan fingerprint density at radius 2 is 1.90 bits per heavy atom. The molecule has 6 nitrogen and oxygen atoms in total. The van der Waals surface area contributed by atoms with E-state index in [0.29, 0.717) is 0 Å². The van der Waals surface area contributed by atoms with Gasteiger partial charge in [-0.25, -0.2) is 9.18 Å². The zero-order chi connectivity index (χ0) is 14.9. The van der Waals surface area contributed by atoms with Crippen molar-refractivity contribution in [2.75, 3.05) is 0 Å². The second-order valence-corrected chi connectivity index (χ2v) is 3.99. The molecule has 0 atom stereocenters. The van der Waals surface area contributed by atoms with Crippen LogP contribution in [-0.4, -0.2) is 21.1 Å². The summed E-state index contributed by atoms with van der Waals surface area (Å²) in [6.45, 7) is 0.